The molecular formula is C28H34N2O5. The van der Waals surface area contributed by atoms with Gasteiger partial charge in [0.1, 0.15) is 22.9 Å². The van der Waals surface area contributed by atoms with Crippen LogP contribution < -0.4 is 10.2 Å². The Labute approximate surface area is 206 Å². The van der Waals surface area contributed by atoms with E-state index in [1.165, 1.54) is 28.7 Å². The second kappa shape index (κ2) is 9.66. The normalized spacial score (nSPS) is 21.0. The number of amides is 1. The highest BCUT2D eigenvalue weighted by Crippen LogP contribution is 2.46. The van der Waals surface area contributed by atoms with E-state index in [2.05, 4.69) is 32.2 Å². The number of nitrogens with one attached hydrogen (secondary N) is 1. The van der Waals surface area contributed by atoms with Crippen molar-refractivity contribution in [2.24, 2.45) is 0 Å². The van der Waals surface area contributed by atoms with Crippen LogP contribution >= 0.6 is 0 Å². The van der Waals surface area contributed by atoms with E-state index in [9.17, 15) is 20.1 Å². The number of hydrogen-bond acceptors (Lipinski definition) is 6. The van der Waals surface area contributed by atoms with Gasteiger partial charge < -0.3 is 30.3 Å². The van der Waals surface area contributed by atoms with Crippen molar-refractivity contribution in [3.8, 4) is 17.2 Å². The molecule has 0 aromatic heterocycles. The van der Waals surface area contributed by atoms with Crippen molar-refractivity contribution in [3.05, 3.63) is 59.2 Å². The van der Waals surface area contributed by atoms with Crippen LogP contribution in [-0.2, 0) is 4.74 Å². The van der Waals surface area contributed by atoms with Crippen LogP contribution in [0.5, 0.6) is 17.2 Å². The molecule has 7 heteroatoms. The molecule has 1 fully saturated rings. The van der Waals surface area contributed by atoms with Gasteiger partial charge in [-0.15, -0.1) is 0 Å². The van der Waals surface area contributed by atoms with Crippen LogP contribution in [0.25, 0.3) is 0 Å². The van der Waals surface area contributed by atoms with Crippen molar-refractivity contribution in [1.82, 2.24) is 0 Å². The van der Waals surface area contributed by atoms with Gasteiger partial charge in [0.2, 0.25) is 0 Å². The van der Waals surface area contributed by atoms with Crippen LogP contribution in [0, 0.1) is 0 Å². The summed E-state index contributed by atoms with van der Waals surface area (Å²) in [5, 5.41) is 33.9. The number of allylic oxidation sites excluding steroid dienone is 3. The topological polar surface area (TPSA) is 106 Å². The smallest absolute Gasteiger partial charge is 0.260 e. The molecule has 0 aliphatic carbocycles. The van der Waals surface area contributed by atoms with E-state index < -0.39 is 0 Å². The monoisotopic (exact) mass is 478 g/mol. The minimum Gasteiger partial charge on any atom is -0.508 e. The van der Waals surface area contributed by atoms with Gasteiger partial charge in [0.05, 0.1) is 28.6 Å². The number of phenolic OH excluding ortho intramolecular Hbond substituents is 3. The summed E-state index contributed by atoms with van der Waals surface area (Å²) in [7, 11) is 0. The zero-order chi connectivity index (χ0) is 25.3. The van der Waals surface area contributed by atoms with Crippen molar-refractivity contribution in [2.45, 2.75) is 65.1 Å². The van der Waals surface area contributed by atoms with Crippen LogP contribution in [0.4, 0.5) is 17.1 Å². The molecule has 2 aromatic rings. The molecular weight excluding hydrogens is 444 g/mol. The number of rotatable bonds is 8. The SMILES string of the molecule is CC(C)=CCCC1(C)OC1CCC(C)=CCN1C(=O)c2cccc(O)c2Nc2c(O)cc(O)cc21. The summed E-state index contributed by atoms with van der Waals surface area (Å²) in [6, 6.07) is 7.33. The number of nitrogens with zero attached hydrogens (tertiary/aromatic N) is 1. The van der Waals surface area contributed by atoms with E-state index in [4.69, 9.17) is 4.74 Å². The molecule has 2 aliphatic rings. The Morgan fingerprint density at radius 2 is 1.89 bits per heavy atom. The highest BCUT2D eigenvalue weighted by Gasteiger charge is 2.50. The largest absolute Gasteiger partial charge is 0.508 e. The van der Waals surface area contributed by atoms with Crippen molar-refractivity contribution < 1.29 is 24.9 Å². The number of hydrogen-bond donors (Lipinski definition) is 4. The van der Waals surface area contributed by atoms with Gasteiger partial charge in [-0.05, 0) is 65.5 Å². The van der Waals surface area contributed by atoms with Gasteiger partial charge in [0.25, 0.3) is 5.91 Å². The molecule has 2 heterocycles. The van der Waals surface area contributed by atoms with E-state index >= 15 is 0 Å². The minimum atomic E-state index is -0.339. The molecule has 1 amide bonds. The highest BCUT2D eigenvalue weighted by atomic mass is 16.6. The molecule has 2 unspecified atom stereocenters. The Bertz CT molecular complexity index is 1200. The molecule has 2 atom stereocenters. The molecule has 186 valence electrons. The molecule has 2 aliphatic heterocycles. The fourth-order valence-electron chi connectivity index (χ4n) is 4.58. The molecule has 4 rings (SSSR count). The molecule has 0 saturated carbocycles. The molecule has 7 nitrogen and oxygen atoms in total. The van der Waals surface area contributed by atoms with Gasteiger partial charge in [-0.1, -0.05) is 29.4 Å². The second-order valence-corrected chi connectivity index (χ2v) is 9.93. The number of carbonyl (C=O) groups excluding carboxylic acids is 1. The van der Waals surface area contributed by atoms with Crippen molar-refractivity contribution >= 4 is 23.0 Å². The summed E-state index contributed by atoms with van der Waals surface area (Å²) in [4.78, 5) is 14.9. The zero-order valence-corrected chi connectivity index (χ0v) is 20.8. The average molecular weight is 479 g/mol. The fraction of sp³-hybridized carbons (Fsp3) is 0.393. The molecule has 0 radical (unpaired) electrons. The average Bonchev–Trinajstić information content (AvgIpc) is 3.46. The predicted octanol–water partition coefficient (Wildman–Crippen LogP) is 6.14. The van der Waals surface area contributed by atoms with Crippen LogP contribution in [0.1, 0.15) is 63.7 Å². The van der Waals surface area contributed by atoms with E-state index in [0.29, 0.717) is 5.69 Å². The lowest BCUT2D eigenvalue weighted by molar-refractivity contribution is 0.0991. The lowest BCUT2D eigenvalue weighted by Gasteiger charge is -2.22. The molecule has 2 aromatic carbocycles. The summed E-state index contributed by atoms with van der Waals surface area (Å²) in [5.41, 5.74) is 3.48. The number of anilines is 3. The second-order valence-electron chi connectivity index (χ2n) is 9.93. The Balaban J connectivity index is 1.49. The molecule has 0 spiro atoms. The minimum absolute atomic E-state index is 0.0572. The predicted molar refractivity (Wildman–Crippen MR) is 138 cm³/mol. The Morgan fingerprint density at radius 3 is 2.63 bits per heavy atom. The van der Waals surface area contributed by atoms with E-state index in [1.807, 2.05) is 13.0 Å². The Morgan fingerprint density at radius 1 is 1.11 bits per heavy atom. The van der Waals surface area contributed by atoms with Gasteiger partial charge in [-0.3, -0.25) is 4.79 Å². The number of benzene rings is 2. The third-order valence-electron chi connectivity index (χ3n) is 6.79. The van der Waals surface area contributed by atoms with Crippen LogP contribution in [-0.4, -0.2) is 39.5 Å². The quantitative estimate of drug-likeness (QED) is 0.157. The van der Waals surface area contributed by atoms with Crippen molar-refractivity contribution in [2.75, 3.05) is 16.8 Å². The molecule has 1 saturated heterocycles. The van der Waals surface area contributed by atoms with Crippen LogP contribution in [0.2, 0.25) is 0 Å². The van der Waals surface area contributed by atoms with Crippen molar-refractivity contribution in [3.63, 3.8) is 0 Å². The number of ether oxygens (including phenoxy) is 1. The number of aromatic hydroxyl groups is 3. The Hall–Kier alpha value is -3.45. The maximum Gasteiger partial charge on any atom is 0.260 e. The van der Waals surface area contributed by atoms with Gasteiger partial charge in [-0.25, -0.2) is 0 Å². The number of carbonyl (C=O) groups is 1. The third kappa shape index (κ3) is 5.30. The van der Waals surface area contributed by atoms with E-state index in [0.717, 1.165) is 31.3 Å². The maximum absolute atomic E-state index is 13.5. The summed E-state index contributed by atoms with van der Waals surface area (Å²) < 4.78 is 5.98. The van der Waals surface area contributed by atoms with Crippen LogP contribution in [0.3, 0.4) is 0 Å². The lowest BCUT2D eigenvalue weighted by Crippen LogP contribution is -2.30. The number of fused-ring (bicyclic) bond motifs is 2. The first kappa shape index (κ1) is 24.7. The first-order valence-corrected chi connectivity index (χ1v) is 12.0. The molecule has 0 bridgehead atoms. The van der Waals surface area contributed by atoms with E-state index in [1.54, 1.807) is 12.1 Å². The maximum atomic E-state index is 13.5. The summed E-state index contributed by atoms with van der Waals surface area (Å²) in [6.07, 6.45) is 8.26. The third-order valence-corrected chi connectivity index (χ3v) is 6.79. The van der Waals surface area contributed by atoms with Crippen LogP contribution in [0.15, 0.2) is 53.6 Å². The summed E-state index contributed by atoms with van der Waals surface area (Å²) in [5.74, 6) is -0.809. The summed E-state index contributed by atoms with van der Waals surface area (Å²) >= 11 is 0. The first-order chi connectivity index (χ1) is 16.6. The zero-order valence-electron chi connectivity index (χ0n) is 20.8. The summed E-state index contributed by atoms with van der Waals surface area (Å²) in [6.45, 7) is 8.66. The number of epoxide rings is 1. The van der Waals surface area contributed by atoms with Gasteiger partial charge in [0.15, 0.2) is 0 Å². The van der Waals surface area contributed by atoms with Crippen molar-refractivity contribution in [1.29, 1.82) is 0 Å². The first-order valence-electron chi connectivity index (χ1n) is 12.0. The fourth-order valence-corrected chi connectivity index (χ4v) is 4.58. The number of phenols is 3. The van der Waals surface area contributed by atoms with Gasteiger partial charge >= 0.3 is 0 Å². The molecule has 4 N–H and O–H groups in total. The number of para-hydroxylation sites is 1. The lowest BCUT2D eigenvalue weighted by atomic mass is 9.96. The molecule has 35 heavy (non-hydrogen) atoms. The standard InChI is InChI=1S/C28H34N2O5/c1-17(2)7-6-13-28(4)24(35-28)11-10-18(3)12-14-30-21-15-19(31)16-23(33)26(21)29-25-20(27(30)34)8-5-9-22(25)32/h5,7-9,12,15-16,24,29,31-33H,6,10-11,13-14H2,1-4H3. The Kier molecular flexibility index (Phi) is 6.81. The highest BCUT2D eigenvalue weighted by molar-refractivity contribution is 6.15. The van der Waals surface area contributed by atoms with Gasteiger partial charge in [0, 0.05) is 18.7 Å². The van der Waals surface area contributed by atoms with Gasteiger partial charge in [-0.2, -0.15) is 0 Å². The van der Waals surface area contributed by atoms with E-state index in [-0.39, 0.29) is 58.3 Å².